The van der Waals surface area contributed by atoms with Gasteiger partial charge < -0.3 is 5.73 Å². The number of nitrogens with zero attached hydrogens (tertiary/aromatic N) is 2. The molecule has 2 rings (SSSR count). The molecule has 0 saturated heterocycles. The summed E-state index contributed by atoms with van der Waals surface area (Å²) in [4.78, 5) is 3.79. The first-order valence-corrected chi connectivity index (χ1v) is 4.18. The smallest absolute Gasteiger partial charge is 0.239 e. The summed E-state index contributed by atoms with van der Waals surface area (Å²) in [6.07, 6.45) is 0. The zero-order chi connectivity index (χ0) is 10.1. The molecule has 72 valence electrons. The molecular formula is C8H6ClFN4. The Bertz CT molecular complexity index is 448. The average Bonchev–Trinajstić information content (AvgIpc) is 2.51. The molecule has 3 N–H and O–H groups in total. The standard InChI is InChI=1S/C8H6ClFN4/c9-4-2-1-3-5(10)6(4)7-12-8(11)14-13-7/h1-3H,(H3,11,12,13,14). The summed E-state index contributed by atoms with van der Waals surface area (Å²) < 4.78 is 13.3. The Morgan fingerprint density at radius 2 is 2.21 bits per heavy atom. The van der Waals surface area contributed by atoms with E-state index in [1.807, 2.05) is 0 Å². The van der Waals surface area contributed by atoms with E-state index in [-0.39, 0.29) is 22.4 Å². The van der Waals surface area contributed by atoms with Gasteiger partial charge >= 0.3 is 0 Å². The maximum Gasteiger partial charge on any atom is 0.239 e. The second-order valence-electron chi connectivity index (χ2n) is 2.64. The van der Waals surface area contributed by atoms with E-state index >= 15 is 0 Å². The molecule has 14 heavy (non-hydrogen) atoms. The molecule has 0 aliphatic rings. The summed E-state index contributed by atoms with van der Waals surface area (Å²) in [5.41, 5.74) is 5.48. The summed E-state index contributed by atoms with van der Waals surface area (Å²) in [6, 6.07) is 4.37. The van der Waals surface area contributed by atoms with Gasteiger partial charge in [0.1, 0.15) is 5.82 Å². The van der Waals surface area contributed by atoms with Crippen molar-refractivity contribution in [1.29, 1.82) is 0 Å². The Balaban J connectivity index is 2.61. The first kappa shape index (κ1) is 8.96. The second-order valence-corrected chi connectivity index (χ2v) is 3.05. The molecule has 0 atom stereocenters. The van der Waals surface area contributed by atoms with Crippen molar-refractivity contribution in [1.82, 2.24) is 15.2 Å². The van der Waals surface area contributed by atoms with Gasteiger partial charge in [-0.25, -0.2) is 4.39 Å². The van der Waals surface area contributed by atoms with Crippen LogP contribution in [0.4, 0.5) is 10.3 Å². The van der Waals surface area contributed by atoms with Gasteiger partial charge in [-0.2, -0.15) is 4.98 Å². The van der Waals surface area contributed by atoms with Crippen molar-refractivity contribution in [3.63, 3.8) is 0 Å². The van der Waals surface area contributed by atoms with Crippen LogP contribution < -0.4 is 5.73 Å². The monoisotopic (exact) mass is 212 g/mol. The van der Waals surface area contributed by atoms with E-state index in [1.54, 1.807) is 6.07 Å². The summed E-state index contributed by atoms with van der Waals surface area (Å²) in [7, 11) is 0. The first-order chi connectivity index (χ1) is 6.68. The van der Waals surface area contributed by atoms with Crippen molar-refractivity contribution < 1.29 is 4.39 Å². The highest BCUT2D eigenvalue weighted by Gasteiger charge is 2.12. The van der Waals surface area contributed by atoms with E-state index < -0.39 is 5.82 Å². The lowest BCUT2D eigenvalue weighted by Gasteiger charge is -2.00. The van der Waals surface area contributed by atoms with Crippen LogP contribution in [0.5, 0.6) is 0 Å². The van der Waals surface area contributed by atoms with Gasteiger partial charge in [-0.05, 0) is 12.1 Å². The third-order valence-electron chi connectivity index (χ3n) is 1.70. The van der Waals surface area contributed by atoms with Gasteiger partial charge in [-0.15, -0.1) is 5.10 Å². The van der Waals surface area contributed by atoms with Crippen LogP contribution in [0.15, 0.2) is 18.2 Å². The number of hydrogen-bond acceptors (Lipinski definition) is 3. The summed E-state index contributed by atoms with van der Waals surface area (Å²) in [5, 5.41) is 6.35. The van der Waals surface area contributed by atoms with Gasteiger partial charge in [-0.1, -0.05) is 17.7 Å². The molecule has 4 nitrogen and oxygen atoms in total. The number of nitrogens with two attached hydrogens (primary N) is 1. The van der Waals surface area contributed by atoms with Crippen LogP contribution in [0.2, 0.25) is 5.02 Å². The molecule has 1 aromatic heterocycles. The van der Waals surface area contributed by atoms with Crippen molar-refractivity contribution in [3.8, 4) is 11.4 Å². The molecular weight excluding hydrogens is 207 g/mol. The molecule has 0 aliphatic carbocycles. The SMILES string of the molecule is Nc1n[nH]c(-c2c(F)cccc2Cl)n1. The Hall–Kier alpha value is -1.62. The summed E-state index contributed by atoms with van der Waals surface area (Å²) >= 11 is 5.80. The van der Waals surface area contributed by atoms with Crippen LogP contribution in [-0.4, -0.2) is 15.2 Å². The van der Waals surface area contributed by atoms with Crippen LogP contribution in [0, 0.1) is 5.82 Å². The molecule has 0 spiro atoms. The van der Waals surface area contributed by atoms with Crippen molar-refractivity contribution >= 4 is 17.5 Å². The number of hydrogen-bond donors (Lipinski definition) is 2. The van der Waals surface area contributed by atoms with E-state index in [0.717, 1.165) is 0 Å². The summed E-state index contributed by atoms with van der Waals surface area (Å²) in [5.74, 6) is -0.182. The molecule has 0 fully saturated rings. The van der Waals surface area contributed by atoms with Crippen LogP contribution >= 0.6 is 11.6 Å². The largest absolute Gasteiger partial charge is 0.366 e. The second kappa shape index (κ2) is 3.26. The molecule has 0 saturated carbocycles. The fourth-order valence-electron chi connectivity index (χ4n) is 1.11. The molecule has 0 radical (unpaired) electrons. The van der Waals surface area contributed by atoms with Gasteiger partial charge in [0.05, 0.1) is 10.6 Å². The predicted octanol–water partition coefficient (Wildman–Crippen LogP) is 1.85. The highest BCUT2D eigenvalue weighted by molar-refractivity contribution is 6.33. The first-order valence-electron chi connectivity index (χ1n) is 3.81. The number of aromatic amines is 1. The number of aromatic nitrogens is 3. The molecule has 6 heteroatoms. The van der Waals surface area contributed by atoms with Gasteiger partial charge in [-0.3, -0.25) is 5.10 Å². The number of halogens is 2. The number of anilines is 1. The fourth-order valence-corrected chi connectivity index (χ4v) is 1.36. The number of benzene rings is 1. The van der Waals surface area contributed by atoms with E-state index in [1.165, 1.54) is 12.1 Å². The quantitative estimate of drug-likeness (QED) is 0.758. The topological polar surface area (TPSA) is 67.6 Å². The van der Waals surface area contributed by atoms with Gasteiger partial charge in [0.25, 0.3) is 0 Å². The lowest BCUT2D eigenvalue weighted by atomic mass is 10.2. The van der Waals surface area contributed by atoms with Gasteiger partial charge in [0.2, 0.25) is 5.95 Å². The van der Waals surface area contributed by atoms with Crippen LogP contribution in [0.3, 0.4) is 0 Å². The number of nitrogens with one attached hydrogen (secondary N) is 1. The van der Waals surface area contributed by atoms with Crippen molar-refractivity contribution in [3.05, 3.63) is 29.0 Å². The third-order valence-corrected chi connectivity index (χ3v) is 2.02. The van der Waals surface area contributed by atoms with E-state index in [0.29, 0.717) is 0 Å². The minimum Gasteiger partial charge on any atom is -0.366 e. The third kappa shape index (κ3) is 1.42. The molecule has 1 heterocycles. The lowest BCUT2D eigenvalue weighted by Crippen LogP contribution is -1.88. The van der Waals surface area contributed by atoms with E-state index in [2.05, 4.69) is 15.2 Å². The zero-order valence-corrected chi connectivity index (χ0v) is 7.72. The van der Waals surface area contributed by atoms with Crippen LogP contribution in [0.25, 0.3) is 11.4 Å². The van der Waals surface area contributed by atoms with Crippen molar-refractivity contribution in [2.45, 2.75) is 0 Å². The van der Waals surface area contributed by atoms with Crippen LogP contribution in [-0.2, 0) is 0 Å². The van der Waals surface area contributed by atoms with Gasteiger partial charge in [0, 0.05) is 0 Å². The number of nitrogen functional groups attached to an aromatic ring is 1. The van der Waals surface area contributed by atoms with Crippen molar-refractivity contribution in [2.75, 3.05) is 5.73 Å². The number of rotatable bonds is 1. The number of H-pyrrole nitrogens is 1. The molecule has 2 aromatic rings. The Labute approximate surface area is 83.9 Å². The molecule has 0 bridgehead atoms. The maximum atomic E-state index is 13.3. The zero-order valence-electron chi connectivity index (χ0n) is 6.96. The fraction of sp³-hybridized carbons (Fsp3) is 0. The highest BCUT2D eigenvalue weighted by atomic mass is 35.5. The molecule has 0 aliphatic heterocycles. The van der Waals surface area contributed by atoms with E-state index in [4.69, 9.17) is 17.3 Å². The lowest BCUT2D eigenvalue weighted by molar-refractivity contribution is 0.630. The maximum absolute atomic E-state index is 13.3. The molecule has 0 unspecified atom stereocenters. The minimum absolute atomic E-state index is 0.0549. The molecule has 0 amide bonds. The Morgan fingerprint density at radius 1 is 1.43 bits per heavy atom. The summed E-state index contributed by atoms with van der Waals surface area (Å²) in [6.45, 7) is 0. The van der Waals surface area contributed by atoms with E-state index in [9.17, 15) is 4.39 Å². The Morgan fingerprint density at radius 3 is 2.79 bits per heavy atom. The Kier molecular flexibility index (Phi) is 2.09. The van der Waals surface area contributed by atoms with Gasteiger partial charge in [0.15, 0.2) is 5.82 Å². The highest BCUT2D eigenvalue weighted by Crippen LogP contribution is 2.27. The minimum atomic E-state index is -0.464. The normalized spacial score (nSPS) is 10.4. The van der Waals surface area contributed by atoms with Crippen molar-refractivity contribution in [2.24, 2.45) is 0 Å². The predicted molar refractivity (Wildman–Crippen MR) is 51.2 cm³/mol. The van der Waals surface area contributed by atoms with Crippen LogP contribution in [0.1, 0.15) is 0 Å². The molecule has 1 aromatic carbocycles. The average molecular weight is 213 g/mol.